The van der Waals surface area contributed by atoms with Crippen LogP contribution in [0.3, 0.4) is 0 Å². The number of halogens is 2. The van der Waals surface area contributed by atoms with E-state index in [1.54, 1.807) is 6.07 Å². The Labute approximate surface area is 100 Å². The van der Waals surface area contributed by atoms with E-state index in [9.17, 15) is 4.39 Å². The van der Waals surface area contributed by atoms with E-state index < -0.39 is 0 Å². The molecular weight excluding hydrogens is 227 g/mol. The Kier molecular flexibility index (Phi) is 3.79. The van der Waals surface area contributed by atoms with Crippen LogP contribution in [0.1, 0.15) is 12.5 Å². The van der Waals surface area contributed by atoms with Crippen molar-refractivity contribution in [1.29, 1.82) is 0 Å². The first-order chi connectivity index (χ1) is 7.63. The second kappa shape index (κ2) is 5.13. The fourth-order valence-corrected chi connectivity index (χ4v) is 2.36. The third kappa shape index (κ3) is 3.17. The van der Waals surface area contributed by atoms with Gasteiger partial charge in [0.05, 0.1) is 0 Å². The number of hydrogen-bond acceptors (Lipinski definition) is 2. The summed E-state index contributed by atoms with van der Waals surface area (Å²) < 4.78 is 13.1. The highest BCUT2D eigenvalue weighted by Gasteiger charge is 2.15. The Bertz CT molecular complexity index is 350. The van der Waals surface area contributed by atoms with Crippen molar-refractivity contribution in [3.05, 3.63) is 34.6 Å². The molecule has 1 saturated heterocycles. The minimum Gasteiger partial charge on any atom is -0.312 e. The van der Waals surface area contributed by atoms with Crippen LogP contribution in [0.2, 0.25) is 5.02 Å². The second-order valence-electron chi connectivity index (χ2n) is 4.37. The molecule has 2 rings (SSSR count). The normalized spacial score (nSPS) is 22.3. The first kappa shape index (κ1) is 11.8. The van der Waals surface area contributed by atoms with Crippen molar-refractivity contribution in [3.8, 4) is 0 Å². The van der Waals surface area contributed by atoms with Gasteiger partial charge >= 0.3 is 0 Å². The first-order valence-corrected chi connectivity index (χ1v) is 5.92. The summed E-state index contributed by atoms with van der Waals surface area (Å²) in [5.41, 5.74) is 0.944. The van der Waals surface area contributed by atoms with Crippen LogP contribution in [0.4, 0.5) is 4.39 Å². The zero-order chi connectivity index (χ0) is 11.5. The van der Waals surface area contributed by atoms with Gasteiger partial charge < -0.3 is 5.32 Å². The predicted molar refractivity (Wildman–Crippen MR) is 64.2 cm³/mol. The molecular formula is C12H16ClFN2. The number of benzene rings is 1. The van der Waals surface area contributed by atoms with Gasteiger partial charge in [-0.2, -0.15) is 0 Å². The number of hydrogen-bond donors (Lipinski definition) is 1. The summed E-state index contributed by atoms with van der Waals surface area (Å²) in [6.07, 6.45) is 0. The largest absolute Gasteiger partial charge is 0.312 e. The van der Waals surface area contributed by atoms with Gasteiger partial charge in [0.2, 0.25) is 0 Å². The van der Waals surface area contributed by atoms with Crippen LogP contribution in [0.5, 0.6) is 0 Å². The van der Waals surface area contributed by atoms with Crippen molar-refractivity contribution < 1.29 is 4.39 Å². The van der Waals surface area contributed by atoms with Crippen LogP contribution < -0.4 is 5.32 Å². The van der Waals surface area contributed by atoms with E-state index in [1.165, 1.54) is 6.07 Å². The van der Waals surface area contributed by atoms with Crippen LogP contribution >= 0.6 is 11.6 Å². The van der Waals surface area contributed by atoms with Gasteiger partial charge in [-0.1, -0.05) is 11.6 Å². The molecule has 1 aromatic rings. The lowest BCUT2D eigenvalue weighted by atomic mass is 10.1. The van der Waals surface area contributed by atoms with E-state index in [0.29, 0.717) is 11.1 Å². The SMILES string of the molecule is CC1CN(Cc2cc(F)cc(Cl)c2)CCN1. The zero-order valence-corrected chi connectivity index (χ0v) is 10.1. The van der Waals surface area contributed by atoms with Crippen molar-refractivity contribution in [3.63, 3.8) is 0 Å². The fourth-order valence-electron chi connectivity index (χ4n) is 2.12. The molecule has 0 amide bonds. The molecule has 1 aliphatic rings. The average Bonchev–Trinajstić information content (AvgIpc) is 2.15. The first-order valence-electron chi connectivity index (χ1n) is 5.54. The lowest BCUT2D eigenvalue weighted by molar-refractivity contribution is 0.199. The minimum absolute atomic E-state index is 0.259. The molecule has 1 atom stereocenters. The van der Waals surface area contributed by atoms with Crippen molar-refractivity contribution in [2.75, 3.05) is 19.6 Å². The lowest BCUT2D eigenvalue weighted by Crippen LogP contribution is -2.48. The third-order valence-electron chi connectivity index (χ3n) is 2.78. The van der Waals surface area contributed by atoms with Gasteiger partial charge in [-0.15, -0.1) is 0 Å². The van der Waals surface area contributed by atoms with E-state index in [0.717, 1.165) is 31.7 Å². The molecule has 0 radical (unpaired) electrons. The maximum absolute atomic E-state index is 13.1. The summed E-state index contributed by atoms with van der Waals surface area (Å²) >= 11 is 5.83. The quantitative estimate of drug-likeness (QED) is 0.856. The van der Waals surface area contributed by atoms with E-state index >= 15 is 0 Å². The van der Waals surface area contributed by atoms with Crippen LogP contribution in [0, 0.1) is 5.82 Å². The third-order valence-corrected chi connectivity index (χ3v) is 3.00. The molecule has 1 aromatic carbocycles. The van der Waals surface area contributed by atoms with E-state index in [-0.39, 0.29) is 5.82 Å². The van der Waals surface area contributed by atoms with Gasteiger partial charge in [0.15, 0.2) is 0 Å². The van der Waals surface area contributed by atoms with Gasteiger partial charge in [0.25, 0.3) is 0 Å². The maximum atomic E-state index is 13.1. The molecule has 0 aliphatic carbocycles. The van der Waals surface area contributed by atoms with Gasteiger partial charge in [0, 0.05) is 37.2 Å². The van der Waals surface area contributed by atoms with Crippen LogP contribution in [0.25, 0.3) is 0 Å². The molecule has 88 valence electrons. The highest BCUT2D eigenvalue weighted by molar-refractivity contribution is 6.30. The average molecular weight is 243 g/mol. The molecule has 1 aliphatic heterocycles. The molecule has 0 spiro atoms. The molecule has 1 N–H and O–H groups in total. The molecule has 16 heavy (non-hydrogen) atoms. The summed E-state index contributed by atoms with van der Waals surface area (Å²) in [4.78, 5) is 2.31. The standard InChI is InChI=1S/C12H16ClFN2/c1-9-7-16(3-2-15-9)8-10-4-11(13)6-12(14)5-10/h4-6,9,15H,2-3,7-8H2,1H3. The molecule has 2 nitrogen and oxygen atoms in total. The van der Waals surface area contributed by atoms with E-state index in [1.807, 2.05) is 6.07 Å². The fraction of sp³-hybridized carbons (Fsp3) is 0.500. The summed E-state index contributed by atoms with van der Waals surface area (Å²) in [5.74, 6) is -0.259. The molecule has 1 fully saturated rings. The van der Waals surface area contributed by atoms with Crippen molar-refractivity contribution in [2.45, 2.75) is 19.5 Å². The Balaban J connectivity index is 2.02. The number of nitrogens with zero attached hydrogens (tertiary/aromatic N) is 1. The van der Waals surface area contributed by atoms with Crippen molar-refractivity contribution in [2.24, 2.45) is 0 Å². The second-order valence-corrected chi connectivity index (χ2v) is 4.80. The van der Waals surface area contributed by atoms with Crippen LogP contribution in [-0.2, 0) is 6.54 Å². The monoisotopic (exact) mass is 242 g/mol. The highest BCUT2D eigenvalue weighted by atomic mass is 35.5. The maximum Gasteiger partial charge on any atom is 0.125 e. The predicted octanol–water partition coefficient (Wildman–Crippen LogP) is 2.27. The topological polar surface area (TPSA) is 15.3 Å². The molecule has 0 saturated carbocycles. The smallest absolute Gasteiger partial charge is 0.125 e. The molecule has 1 heterocycles. The Morgan fingerprint density at radius 3 is 3.00 bits per heavy atom. The summed E-state index contributed by atoms with van der Waals surface area (Å²) in [6.45, 7) is 5.91. The van der Waals surface area contributed by atoms with Gasteiger partial charge in [-0.25, -0.2) is 4.39 Å². The summed E-state index contributed by atoms with van der Waals surface area (Å²) in [5, 5.41) is 3.85. The molecule has 4 heteroatoms. The highest BCUT2D eigenvalue weighted by Crippen LogP contribution is 2.16. The molecule has 0 bridgehead atoms. The summed E-state index contributed by atoms with van der Waals surface area (Å²) in [7, 11) is 0. The number of rotatable bonds is 2. The zero-order valence-electron chi connectivity index (χ0n) is 9.34. The van der Waals surface area contributed by atoms with E-state index in [4.69, 9.17) is 11.6 Å². The van der Waals surface area contributed by atoms with Crippen LogP contribution in [0.15, 0.2) is 18.2 Å². The number of nitrogens with one attached hydrogen (secondary N) is 1. The van der Waals surface area contributed by atoms with Gasteiger partial charge in [-0.3, -0.25) is 4.90 Å². The molecule has 1 unspecified atom stereocenters. The Morgan fingerprint density at radius 1 is 1.50 bits per heavy atom. The van der Waals surface area contributed by atoms with Crippen LogP contribution in [-0.4, -0.2) is 30.6 Å². The van der Waals surface area contributed by atoms with Gasteiger partial charge in [0.1, 0.15) is 5.82 Å². The number of piperazine rings is 1. The Morgan fingerprint density at radius 2 is 2.31 bits per heavy atom. The van der Waals surface area contributed by atoms with Crippen molar-refractivity contribution in [1.82, 2.24) is 10.2 Å². The van der Waals surface area contributed by atoms with E-state index in [2.05, 4.69) is 17.1 Å². The lowest BCUT2D eigenvalue weighted by Gasteiger charge is -2.31. The minimum atomic E-state index is -0.259. The Hall–Kier alpha value is -0.640. The molecule has 0 aromatic heterocycles. The summed E-state index contributed by atoms with van der Waals surface area (Å²) in [6, 6.07) is 5.22. The van der Waals surface area contributed by atoms with Gasteiger partial charge in [-0.05, 0) is 30.7 Å². The van der Waals surface area contributed by atoms with Crippen molar-refractivity contribution >= 4 is 11.6 Å².